The van der Waals surface area contributed by atoms with Crippen molar-refractivity contribution in [2.75, 3.05) is 0 Å². The Morgan fingerprint density at radius 2 is 1.86 bits per heavy atom. The Kier molecular flexibility index (Phi) is 7.67. The molecule has 0 radical (unpaired) electrons. The fourth-order valence-electron chi connectivity index (χ4n) is 9.28. The number of rotatable bonds is 8. The molecule has 200 valence electrons. The van der Waals surface area contributed by atoms with Crippen molar-refractivity contribution in [3.8, 4) is 6.07 Å². The van der Waals surface area contributed by atoms with Crippen LogP contribution in [0.2, 0.25) is 0 Å². The first-order chi connectivity index (χ1) is 16.6. The van der Waals surface area contributed by atoms with E-state index >= 15 is 0 Å². The lowest BCUT2D eigenvalue weighted by Gasteiger charge is -2.64. The Morgan fingerprint density at radius 1 is 1.22 bits per heavy atom. The molecule has 3 aliphatic carbocycles. The topological polar surface area (TPSA) is 57.9 Å². The molecule has 36 heavy (non-hydrogen) atoms. The zero-order valence-electron chi connectivity index (χ0n) is 24.6. The lowest BCUT2D eigenvalue weighted by Crippen LogP contribution is -2.59. The second-order valence-corrected chi connectivity index (χ2v) is 14.5. The van der Waals surface area contributed by atoms with E-state index in [0.29, 0.717) is 23.3 Å². The normalized spacial score (nSPS) is 40.2. The standard InChI is InChI=1S/C33H51NO2/c1-11-12-27-31(9)19-24(20-34)28(36)30(7,8)26(31)14-15-32(27,10)29(5,6)17-18-33(21-35)16-13-25(22(2)3)23(33)4/h19,21,23,25-27H,2,11-18H2,1,3-10H3/t23-,25-,26-,27+,31-,32+,33+/m0/s1. The molecule has 0 aromatic rings. The quantitative estimate of drug-likeness (QED) is 0.251. The van der Waals surface area contributed by atoms with E-state index < -0.39 is 5.41 Å². The Morgan fingerprint density at radius 3 is 2.36 bits per heavy atom. The second kappa shape index (κ2) is 9.56. The SMILES string of the molecule is C=C(C)[C@@H]1CC[C@](C=O)(CCC(C)(C)[C@]2(C)CC[C@H]3C(C)(C)C(=O)C(C#N)=C[C@]3(C)[C@H]2CCC)[C@H]1C. The van der Waals surface area contributed by atoms with Crippen LogP contribution >= 0.6 is 0 Å². The van der Waals surface area contributed by atoms with Crippen LogP contribution in [0.3, 0.4) is 0 Å². The molecule has 0 aromatic carbocycles. The van der Waals surface area contributed by atoms with Crippen molar-refractivity contribution < 1.29 is 9.59 Å². The molecular formula is C33H51NO2. The molecule has 3 aliphatic rings. The lowest BCUT2D eigenvalue weighted by atomic mass is 9.39. The third-order valence-corrected chi connectivity index (χ3v) is 12.1. The maximum Gasteiger partial charge on any atom is 0.178 e. The highest BCUT2D eigenvalue weighted by atomic mass is 16.1. The highest BCUT2D eigenvalue weighted by Crippen LogP contribution is 2.68. The fourth-order valence-corrected chi connectivity index (χ4v) is 9.28. The van der Waals surface area contributed by atoms with Crippen molar-refractivity contribution in [2.45, 2.75) is 114 Å². The van der Waals surface area contributed by atoms with Gasteiger partial charge in [0.2, 0.25) is 0 Å². The summed E-state index contributed by atoms with van der Waals surface area (Å²) in [4.78, 5) is 25.7. The molecule has 0 amide bonds. The molecule has 0 heterocycles. The van der Waals surface area contributed by atoms with Gasteiger partial charge in [0.05, 0.1) is 5.57 Å². The van der Waals surface area contributed by atoms with E-state index in [4.69, 9.17) is 0 Å². The van der Waals surface area contributed by atoms with Gasteiger partial charge in [0.1, 0.15) is 12.4 Å². The number of nitrogens with zero attached hydrogens (tertiary/aromatic N) is 1. The molecule has 2 fully saturated rings. The summed E-state index contributed by atoms with van der Waals surface area (Å²) in [6.07, 6.45) is 11.5. The molecule has 3 rings (SSSR count). The maximum atomic E-state index is 13.2. The number of Topliss-reactive ketones (excluding diaryl/α,β-unsaturated/α-hetero) is 1. The minimum Gasteiger partial charge on any atom is -0.303 e. The third kappa shape index (κ3) is 4.16. The first-order valence-corrected chi connectivity index (χ1v) is 14.4. The number of carbonyl (C=O) groups is 2. The van der Waals surface area contributed by atoms with Crippen LogP contribution in [0.15, 0.2) is 23.8 Å². The van der Waals surface area contributed by atoms with Crippen LogP contribution in [-0.2, 0) is 9.59 Å². The summed E-state index contributed by atoms with van der Waals surface area (Å²) in [5, 5.41) is 9.87. The molecule has 0 spiro atoms. The summed E-state index contributed by atoms with van der Waals surface area (Å²) in [5.41, 5.74) is 0.645. The maximum absolute atomic E-state index is 13.2. The van der Waals surface area contributed by atoms with Crippen LogP contribution in [-0.4, -0.2) is 12.1 Å². The summed E-state index contributed by atoms with van der Waals surface area (Å²) >= 11 is 0. The Labute approximate surface area is 221 Å². The number of hydrogen-bond donors (Lipinski definition) is 0. The minimum absolute atomic E-state index is 0.0146. The molecule has 0 saturated heterocycles. The molecule has 2 saturated carbocycles. The van der Waals surface area contributed by atoms with Gasteiger partial charge in [0.25, 0.3) is 0 Å². The average molecular weight is 494 g/mol. The molecule has 0 unspecified atom stereocenters. The molecule has 0 aliphatic heterocycles. The smallest absolute Gasteiger partial charge is 0.178 e. The van der Waals surface area contributed by atoms with Crippen molar-refractivity contribution >= 4 is 12.1 Å². The number of carbonyl (C=O) groups excluding carboxylic acids is 2. The predicted octanol–water partition coefficient (Wildman–Crippen LogP) is 8.50. The van der Waals surface area contributed by atoms with Gasteiger partial charge in [-0.05, 0) is 91.8 Å². The number of hydrogen-bond acceptors (Lipinski definition) is 3. The molecule has 7 atom stereocenters. The molecule has 0 N–H and O–H groups in total. The molecule has 3 nitrogen and oxygen atoms in total. The minimum atomic E-state index is -0.523. The summed E-state index contributed by atoms with van der Waals surface area (Å²) in [7, 11) is 0. The second-order valence-electron chi connectivity index (χ2n) is 14.5. The summed E-state index contributed by atoms with van der Waals surface area (Å²) in [6.45, 7) is 24.6. The third-order valence-electron chi connectivity index (χ3n) is 12.1. The van der Waals surface area contributed by atoms with E-state index in [2.05, 4.69) is 81.0 Å². The van der Waals surface area contributed by atoms with Crippen molar-refractivity contribution in [2.24, 2.45) is 50.7 Å². The average Bonchev–Trinajstić information content (AvgIpc) is 3.14. The molecule has 3 heteroatoms. The first-order valence-electron chi connectivity index (χ1n) is 14.4. The van der Waals surface area contributed by atoms with Crippen LogP contribution in [0.5, 0.6) is 0 Å². The number of nitriles is 1. The van der Waals surface area contributed by atoms with Gasteiger partial charge >= 0.3 is 0 Å². The molecule has 0 bridgehead atoms. The van der Waals surface area contributed by atoms with Crippen LogP contribution in [0.1, 0.15) is 114 Å². The van der Waals surface area contributed by atoms with Gasteiger partial charge in [0.15, 0.2) is 5.78 Å². The number of allylic oxidation sites excluding steroid dienone is 3. The monoisotopic (exact) mass is 493 g/mol. The Hall–Kier alpha value is -1.69. The van der Waals surface area contributed by atoms with E-state index in [1.807, 2.05) is 0 Å². The lowest BCUT2D eigenvalue weighted by molar-refractivity contribution is -0.153. The summed E-state index contributed by atoms with van der Waals surface area (Å²) in [6, 6.07) is 2.25. The van der Waals surface area contributed by atoms with Crippen molar-refractivity contribution in [3.63, 3.8) is 0 Å². The van der Waals surface area contributed by atoms with Crippen molar-refractivity contribution in [1.29, 1.82) is 5.26 Å². The number of fused-ring (bicyclic) bond motifs is 1. The molecule has 0 aromatic heterocycles. The van der Waals surface area contributed by atoms with Crippen LogP contribution in [0.25, 0.3) is 0 Å². The van der Waals surface area contributed by atoms with E-state index in [9.17, 15) is 14.9 Å². The highest BCUT2D eigenvalue weighted by Gasteiger charge is 2.63. The van der Waals surface area contributed by atoms with Gasteiger partial charge in [0, 0.05) is 10.8 Å². The summed E-state index contributed by atoms with van der Waals surface area (Å²) < 4.78 is 0. The van der Waals surface area contributed by atoms with Gasteiger partial charge in [-0.2, -0.15) is 5.26 Å². The number of aldehydes is 1. The zero-order chi connectivity index (χ0) is 27.3. The van der Waals surface area contributed by atoms with Crippen molar-refractivity contribution in [3.05, 3.63) is 23.8 Å². The van der Waals surface area contributed by atoms with Crippen LogP contribution in [0, 0.1) is 62.1 Å². The van der Waals surface area contributed by atoms with E-state index in [1.165, 1.54) is 11.9 Å². The van der Waals surface area contributed by atoms with Gasteiger partial charge in [-0.3, -0.25) is 4.79 Å². The van der Waals surface area contributed by atoms with Crippen LogP contribution in [0.4, 0.5) is 0 Å². The van der Waals surface area contributed by atoms with Crippen molar-refractivity contribution in [1.82, 2.24) is 0 Å². The zero-order valence-corrected chi connectivity index (χ0v) is 24.6. The fraction of sp³-hybridized carbons (Fsp3) is 0.788. The largest absolute Gasteiger partial charge is 0.303 e. The highest BCUT2D eigenvalue weighted by molar-refractivity contribution is 6.04. The first kappa shape index (κ1) is 28.9. The number of ketones is 1. The molecular weight excluding hydrogens is 442 g/mol. The van der Waals surface area contributed by atoms with E-state index in [0.717, 1.165) is 51.4 Å². The van der Waals surface area contributed by atoms with Gasteiger partial charge in [-0.25, -0.2) is 0 Å². The van der Waals surface area contributed by atoms with E-state index in [-0.39, 0.29) is 33.4 Å². The van der Waals surface area contributed by atoms with Gasteiger partial charge in [-0.15, -0.1) is 0 Å². The van der Waals surface area contributed by atoms with Gasteiger partial charge in [-0.1, -0.05) is 80.0 Å². The van der Waals surface area contributed by atoms with Crippen LogP contribution < -0.4 is 0 Å². The van der Waals surface area contributed by atoms with E-state index in [1.54, 1.807) is 0 Å². The summed E-state index contributed by atoms with van der Waals surface area (Å²) in [5.74, 6) is 1.40. The predicted molar refractivity (Wildman–Crippen MR) is 148 cm³/mol. The Balaban J connectivity index is 1.99. The Bertz CT molecular complexity index is 980. The van der Waals surface area contributed by atoms with Gasteiger partial charge < -0.3 is 4.79 Å².